The zero-order chi connectivity index (χ0) is 24.1. The standard InChI is InChI=1S/C25H25NO8/c1-15-24(16-5-8-19-21(12-16)32-11-3-10-31-19)25(30)18-7-6-17(13-20(18)34-15)33-14-22(27)26-9-2-4-23(28)29/h5-8,12-13H,2-4,9-11,14H2,1H3,(H,26,27)(H,28,29). The molecule has 2 heterocycles. The highest BCUT2D eigenvalue weighted by atomic mass is 16.5. The van der Waals surface area contributed by atoms with E-state index in [-0.39, 0.29) is 30.9 Å². The lowest BCUT2D eigenvalue weighted by atomic mass is 10.0. The van der Waals surface area contributed by atoms with Crippen molar-refractivity contribution in [3.8, 4) is 28.4 Å². The molecular weight excluding hydrogens is 442 g/mol. The predicted octanol–water partition coefficient (Wildman–Crippen LogP) is 3.29. The normalized spacial score (nSPS) is 12.7. The van der Waals surface area contributed by atoms with Crippen molar-refractivity contribution < 1.29 is 33.3 Å². The van der Waals surface area contributed by atoms with Gasteiger partial charge in [-0.25, -0.2) is 0 Å². The topological polar surface area (TPSA) is 124 Å². The van der Waals surface area contributed by atoms with Crippen LogP contribution in [0.3, 0.4) is 0 Å². The summed E-state index contributed by atoms with van der Waals surface area (Å²) in [6.45, 7) is 2.86. The Balaban J connectivity index is 1.51. The number of amides is 1. The number of hydrogen-bond acceptors (Lipinski definition) is 7. The van der Waals surface area contributed by atoms with E-state index in [2.05, 4.69) is 5.32 Å². The number of carbonyl (C=O) groups excluding carboxylic acids is 1. The van der Waals surface area contributed by atoms with Gasteiger partial charge in [-0.3, -0.25) is 14.4 Å². The van der Waals surface area contributed by atoms with Gasteiger partial charge >= 0.3 is 5.97 Å². The number of aliphatic carboxylic acids is 1. The number of carboxylic acids is 1. The molecule has 0 unspecified atom stereocenters. The maximum atomic E-state index is 13.3. The number of carbonyl (C=O) groups is 2. The third kappa shape index (κ3) is 5.31. The van der Waals surface area contributed by atoms with E-state index in [0.717, 1.165) is 6.42 Å². The lowest BCUT2D eigenvalue weighted by molar-refractivity contribution is -0.137. The highest BCUT2D eigenvalue weighted by molar-refractivity contribution is 5.84. The molecule has 0 spiro atoms. The summed E-state index contributed by atoms with van der Waals surface area (Å²) in [7, 11) is 0. The van der Waals surface area contributed by atoms with Gasteiger partial charge in [0.1, 0.15) is 17.1 Å². The van der Waals surface area contributed by atoms with Crippen LogP contribution < -0.4 is 25.0 Å². The minimum Gasteiger partial charge on any atom is -0.490 e. The van der Waals surface area contributed by atoms with E-state index in [1.54, 1.807) is 37.3 Å². The number of aryl methyl sites for hydroxylation is 1. The van der Waals surface area contributed by atoms with Crippen LogP contribution in [0.25, 0.3) is 22.1 Å². The van der Waals surface area contributed by atoms with Gasteiger partial charge < -0.3 is 29.1 Å². The zero-order valence-corrected chi connectivity index (χ0v) is 18.7. The molecule has 1 aromatic heterocycles. The number of nitrogens with one attached hydrogen (secondary N) is 1. The van der Waals surface area contributed by atoms with E-state index < -0.39 is 5.97 Å². The van der Waals surface area contributed by atoms with Gasteiger partial charge in [-0.2, -0.15) is 0 Å². The van der Waals surface area contributed by atoms with Crippen LogP contribution in [0.4, 0.5) is 0 Å². The smallest absolute Gasteiger partial charge is 0.303 e. The summed E-state index contributed by atoms with van der Waals surface area (Å²) in [5, 5.41) is 11.6. The molecule has 2 aromatic carbocycles. The second-order valence-corrected chi connectivity index (χ2v) is 7.87. The summed E-state index contributed by atoms with van der Waals surface area (Å²) in [4.78, 5) is 35.7. The molecule has 0 radical (unpaired) electrons. The van der Waals surface area contributed by atoms with Crippen molar-refractivity contribution in [1.82, 2.24) is 5.32 Å². The molecule has 1 amide bonds. The molecular formula is C25H25NO8. The average Bonchev–Trinajstić information content (AvgIpc) is 3.05. The molecule has 9 nitrogen and oxygen atoms in total. The van der Waals surface area contributed by atoms with Gasteiger partial charge in [-0.05, 0) is 43.2 Å². The van der Waals surface area contributed by atoms with Crippen LogP contribution in [0, 0.1) is 6.92 Å². The zero-order valence-electron chi connectivity index (χ0n) is 18.7. The number of hydrogen-bond donors (Lipinski definition) is 2. The third-order valence-corrected chi connectivity index (χ3v) is 5.34. The summed E-state index contributed by atoms with van der Waals surface area (Å²) in [5.74, 6) is 0.786. The molecule has 0 saturated heterocycles. The van der Waals surface area contributed by atoms with E-state index in [1.807, 2.05) is 6.07 Å². The lowest BCUT2D eigenvalue weighted by Crippen LogP contribution is -2.29. The fraction of sp³-hybridized carbons (Fsp3) is 0.320. The molecule has 3 aromatic rings. The second kappa shape index (κ2) is 10.3. The lowest BCUT2D eigenvalue weighted by Gasteiger charge is -2.12. The van der Waals surface area contributed by atoms with Crippen LogP contribution in [0.2, 0.25) is 0 Å². The number of carboxylic acid groups (broad SMARTS) is 1. The largest absolute Gasteiger partial charge is 0.490 e. The molecule has 1 aliphatic heterocycles. The first kappa shape index (κ1) is 23.2. The van der Waals surface area contributed by atoms with Crippen molar-refractivity contribution in [2.75, 3.05) is 26.4 Å². The number of benzene rings is 2. The van der Waals surface area contributed by atoms with Gasteiger partial charge in [-0.1, -0.05) is 6.07 Å². The van der Waals surface area contributed by atoms with E-state index in [0.29, 0.717) is 64.7 Å². The fourth-order valence-corrected chi connectivity index (χ4v) is 3.70. The Bertz CT molecular complexity index is 1280. The first-order valence-corrected chi connectivity index (χ1v) is 11.0. The Morgan fingerprint density at radius 2 is 1.88 bits per heavy atom. The third-order valence-electron chi connectivity index (χ3n) is 5.34. The van der Waals surface area contributed by atoms with Crippen molar-refractivity contribution in [3.63, 3.8) is 0 Å². The minimum atomic E-state index is -0.911. The summed E-state index contributed by atoms with van der Waals surface area (Å²) in [5.41, 5.74) is 1.28. The molecule has 0 fully saturated rings. The van der Waals surface area contributed by atoms with Crippen molar-refractivity contribution in [2.45, 2.75) is 26.2 Å². The monoisotopic (exact) mass is 467 g/mol. The molecule has 4 rings (SSSR count). The minimum absolute atomic E-state index is 0.0154. The Labute approximate surface area is 195 Å². The Kier molecular flexibility index (Phi) is 7.01. The molecule has 9 heteroatoms. The van der Waals surface area contributed by atoms with Gasteiger partial charge in [0.25, 0.3) is 5.91 Å². The van der Waals surface area contributed by atoms with Gasteiger partial charge in [0.05, 0.1) is 24.2 Å². The second-order valence-electron chi connectivity index (χ2n) is 7.87. The molecule has 1 aliphatic rings. The first-order chi connectivity index (χ1) is 16.4. The van der Waals surface area contributed by atoms with Gasteiger partial charge in [0.15, 0.2) is 18.1 Å². The quantitative estimate of drug-likeness (QED) is 0.484. The molecule has 178 valence electrons. The predicted molar refractivity (Wildman–Crippen MR) is 124 cm³/mol. The molecule has 2 N–H and O–H groups in total. The number of rotatable bonds is 8. The first-order valence-electron chi connectivity index (χ1n) is 11.0. The SMILES string of the molecule is Cc1oc2cc(OCC(=O)NCCCC(=O)O)ccc2c(=O)c1-c1ccc2c(c1)OCCCO2. The summed E-state index contributed by atoms with van der Waals surface area (Å²) in [6.07, 6.45) is 1.11. The van der Waals surface area contributed by atoms with E-state index >= 15 is 0 Å². The number of fused-ring (bicyclic) bond motifs is 2. The summed E-state index contributed by atoms with van der Waals surface area (Å²) in [6, 6.07) is 10.2. The van der Waals surface area contributed by atoms with Crippen molar-refractivity contribution in [2.24, 2.45) is 0 Å². The van der Waals surface area contributed by atoms with E-state index in [1.165, 1.54) is 0 Å². The molecule has 0 bridgehead atoms. The van der Waals surface area contributed by atoms with Crippen molar-refractivity contribution in [3.05, 3.63) is 52.4 Å². The Morgan fingerprint density at radius 1 is 1.09 bits per heavy atom. The molecule has 0 saturated carbocycles. The highest BCUT2D eigenvalue weighted by Crippen LogP contribution is 2.35. The summed E-state index contributed by atoms with van der Waals surface area (Å²) < 4.78 is 22.9. The van der Waals surface area contributed by atoms with Crippen LogP contribution in [0.15, 0.2) is 45.6 Å². The molecule has 0 aliphatic carbocycles. The van der Waals surface area contributed by atoms with Crippen LogP contribution in [-0.2, 0) is 9.59 Å². The van der Waals surface area contributed by atoms with Crippen molar-refractivity contribution in [1.29, 1.82) is 0 Å². The maximum Gasteiger partial charge on any atom is 0.303 e. The van der Waals surface area contributed by atoms with Crippen LogP contribution in [0.1, 0.15) is 25.0 Å². The number of ether oxygens (including phenoxy) is 3. The molecule has 0 atom stereocenters. The van der Waals surface area contributed by atoms with Crippen molar-refractivity contribution >= 4 is 22.8 Å². The Morgan fingerprint density at radius 3 is 2.68 bits per heavy atom. The van der Waals surface area contributed by atoms with E-state index in [9.17, 15) is 14.4 Å². The van der Waals surface area contributed by atoms with Crippen LogP contribution in [0.5, 0.6) is 17.2 Å². The van der Waals surface area contributed by atoms with Crippen LogP contribution in [-0.4, -0.2) is 43.3 Å². The molecule has 34 heavy (non-hydrogen) atoms. The van der Waals surface area contributed by atoms with E-state index in [4.69, 9.17) is 23.7 Å². The Hall–Kier alpha value is -4.01. The van der Waals surface area contributed by atoms with Gasteiger partial charge in [-0.15, -0.1) is 0 Å². The van der Waals surface area contributed by atoms with Crippen LogP contribution >= 0.6 is 0 Å². The van der Waals surface area contributed by atoms with Gasteiger partial charge in [0, 0.05) is 25.5 Å². The fourth-order valence-electron chi connectivity index (χ4n) is 3.70. The van der Waals surface area contributed by atoms with Gasteiger partial charge in [0.2, 0.25) is 5.43 Å². The highest BCUT2D eigenvalue weighted by Gasteiger charge is 2.18. The summed E-state index contributed by atoms with van der Waals surface area (Å²) >= 11 is 0. The average molecular weight is 467 g/mol. The maximum absolute atomic E-state index is 13.3.